The van der Waals surface area contributed by atoms with Crippen molar-refractivity contribution in [1.82, 2.24) is 5.32 Å². The molecule has 0 aromatic rings. The Morgan fingerprint density at radius 1 is 1.47 bits per heavy atom. The molecule has 88 valence electrons. The van der Waals surface area contributed by atoms with Crippen LogP contribution in [0.5, 0.6) is 0 Å². The monoisotopic (exact) mass is 235 g/mol. The summed E-state index contributed by atoms with van der Waals surface area (Å²) in [6.45, 7) is 5.24. The summed E-state index contributed by atoms with van der Waals surface area (Å²) < 4.78 is 5.00. The summed E-state index contributed by atoms with van der Waals surface area (Å²) in [5.74, 6) is -0.953. The molecule has 0 saturated heterocycles. The molecule has 0 aliphatic rings. The fraction of sp³-hybridized carbons (Fsp3) is 0.778. The number of rotatable bonds is 4. The fourth-order valence-corrected chi connectivity index (χ4v) is 1.31. The van der Waals surface area contributed by atoms with Gasteiger partial charge in [0.1, 0.15) is 5.60 Å². The van der Waals surface area contributed by atoms with Crippen LogP contribution >= 0.6 is 11.8 Å². The largest absolute Gasteiger partial charge is 0.481 e. The number of thioether (sulfide) groups is 1. The number of aliphatic carboxylic acids is 1. The van der Waals surface area contributed by atoms with Gasteiger partial charge in [-0.25, -0.2) is 4.79 Å². The molecule has 0 bridgehead atoms. The number of carboxylic acid groups (broad SMARTS) is 1. The molecule has 0 aliphatic heterocycles. The number of alkyl carbamates (subject to hydrolysis) is 1. The van der Waals surface area contributed by atoms with Crippen LogP contribution in [-0.2, 0) is 9.53 Å². The number of amides is 1. The van der Waals surface area contributed by atoms with E-state index in [1.54, 1.807) is 27.0 Å². The van der Waals surface area contributed by atoms with E-state index in [1.165, 1.54) is 11.8 Å². The first-order valence-corrected chi connectivity index (χ1v) is 5.77. The van der Waals surface area contributed by atoms with Crippen molar-refractivity contribution in [3.8, 4) is 0 Å². The lowest BCUT2D eigenvalue weighted by molar-refractivity contribution is -0.137. The molecule has 0 fully saturated rings. The molecule has 0 aromatic carbocycles. The molecule has 1 amide bonds. The molecule has 5 nitrogen and oxygen atoms in total. The van der Waals surface area contributed by atoms with Gasteiger partial charge in [0.25, 0.3) is 0 Å². The molecule has 0 aliphatic carbocycles. The second-order valence-corrected chi connectivity index (χ2v) is 5.01. The van der Waals surface area contributed by atoms with Crippen molar-refractivity contribution in [1.29, 1.82) is 0 Å². The number of nitrogens with one attached hydrogen (secondary N) is 1. The van der Waals surface area contributed by atoms with Crippen LogP contribution in [-0.4, -0.2) is 34.4 Å². The average molecular weight is 235 g/mol. The second kappa shape index (κ2) is 5.85. The quantitative estimate of drug-likeness (QED) is 0.725. The molecular formula is C9H17NO4S. The van der Waals surface area contributed by atoms with E-state index in [4.69, 9.17) is 9.84 Å². The number of hydrogen-bond acceptors (Lipinski definition) is 4. The first-order chi connectivity index (χ1) is 6.74. The summed E-state index contributed by atoms with van der Waals surface area (Å²) in [7, 11) is 0. The van der Waals surface area contributed by atoms with Gasteiger partial charge in [0, 0.05) is 0 Å². The van der Waals surface area contributed by atoms with Gasteiger partial charge in [-0.1, -0.05) is 0 Å². The predicted octanol–water partition coefficient (Wildman–Crippen LogP) is 1.67. The molecule has 0 spiro atoms. The van der Waals surface area contributed by atoms with Gasteiger partial charge in [0.15, 0.2) is 0 Å². The van der Waals surface area contributed by atoms with Crippen LogP contribution in [0.25, 0.3) is 0 Å². The van der Waals surface area contributed by atoms with Gasteiger partial charge in [-0.05, 0) is 27.0 Å². The van der Waals surface area contributed by atoms with Crippen LogP contribution in [0.4, 0.5) is 4.79 Å². The van der Waals surface area contributed by atoms with Crippen LogP contribution in [0.15, 0.2) is 0 Å². The van der Waals surface area contributed by atoms with Crippen LogP contribution in [0.3, 0.4) is 0 Å². The van der Waals surface area contributed by atoms with E-state index in [1.807, 2.05) is 0 Å². The minimum atomic E-state index is -0.953. The molecule has 0 radical (unpaired) electrons. The van der Waals surface area contributed by atoms with Crippen LogP contribution in [0, 0.1) is 0 Å². The van der Waals surface area contributed by atoms with Crippen LogP contribution in [0.2, 0.25) is 0 Å². The normalized spacial score (nSPS) is 13.1. The van der Waals surface area contributed by atoms with Gasteiger partial charge in [0.05, 0.1) is 11.8 Å². The predicted molar refractivity (Wildman–Crippen MR) is 58.9 cm³/mol. The topological polar surface area (TPSA) is 75.6 Å². The van der Waals surface area contributed by atoms with E-state index in [0.717, 1.165) is 0 Å². The molecule has 0 rings (SSSR count). The number of hydrogen-bond donors (Lipinski definition) is 2. The summed E-state index contributed by atoms with van der Waals surface area (Å²) in [5.41, 5.74) is -0.573. The minimum Gasteiger partial charge on any atom is -0.481 e. The maximum atomic E-state index is 11.3. The summed E-state index contributed by atoms with van der Waals surface area (Å²) >= 11 is 1.26. The van der Waals surface area contributed by atoms with Crippen LogP contribution < -0.4 is 5.32 Å². The third-order valence-electron chi connectivity index (χ3n) is 1.32. The maximum Gasteiger partial charge on any atom is 0.408 e. The fourth-order valence-electron chi connectivity index (χ4n) is 0.791. The SMILES string of the molecule is CSC(CC(=O)O)NC(=O)OC(C)(C)C. The first kappa shape index (κ1) is 14.1. The van der Waals surface area contributed by atoms with Gasteiger partial charge in [-0.2, -0.15) is 0 Å². The van der Waals surface area contributed by atoms with Crippen molar-refractivity contribution in [3.63, 3.8) is 0 Å². The van der Waals surface area contributed by atoms with Gasteiger partial charge >= 0.3 is 12.1 Å². The number of ether oxygens (including phenoxy) is 1. The van der Waals surface area contributed by atoms with Crippen molar-refractivity contribution in [3.05, 3.63) is 0 Å². The lowest BCUT2D eigenvalue weighted by atomic mass is 10.2. The zero-order valence-corrected chi connectivity index (χ0v) is 10.2. The lowest BCUT2D eigenvalue weighted by Gasteiger charge is -2.22. The van der Waals surface area contributed by atoms with Crippen molar-refractivity contribution < 1.29 is 19.4 Å². The highest BCUT2D eigenvalue weighted by atomic mass is 32.2. The zero-order chi connectivity index (χ0) is 12.1. The highest BCUT2D eigenvalue weighted by Gasteiger charge is 2.20. The third kappa shape index (κ3) is 8.11. The number of carbonyl (C=O) groups is 2. The van der Waals surface area contributed by atoms with Gasteiger partial charge in [-0.3, -0.25) is 4.79 Å². The van der Waals surface area contributed by atoms with Gasteiger partial charge < -0.3 is 15.2 Å². The van der Waals surface area contributed by atoms with E-state index in [2.05, 4.69) is 5.32 Å². The Bertz CT molecular complexity index is 237. The summed E-state index contributed by atoms with van der Waals surface area (Å²) in [4.78, 5) is 21.7. The Kier molecular flexibility index (Phi) is 5.49. The zero-order valence-electron chi connectivity index (χ0n) is 9.36. The highest BCUT2D eigenvalue weighted by molar-refractivity contribution is 7.99. The minimum absolute atomic E-state index is 0.125. The lowest BCUT2D eigenvalue weighted by Crippen LogP contribution is -2.38. The molecule has 15 heavy (non-hydrogen) atoms. The van der Waals surface area contributed by atoms with Gasteiger partial charge in [-0.15, -0.1) is 11.8 Å². The average Bonchev–Trinajstić information content (AvgIpc) is 1.98. The molecule has 0 aromatic heterocycles. The van der Waals surface area contributed by atoms with E-state index >= 15 is 0 Å². The number of carbonyl (C=O) groups excluding carboxylic acids is 1. The van der Waals surface area contributed by atoms with Crippen molar-refractivity contribution >= 4 is 23.8 Å². The Balaban J connectivity index is 4.07. The Hall–Kier alpha value is -0.910. The third-order valence-corrected chi connectivity index (χ3v) is 2.18. The molecule has 0 heterocycles. The Labute approximate surface area is 93.6 Å². The molecule has 2 N–H and O–H groups in total. The van der Waals surface area contributed by atoms with Crippen molar-refractivity contribution in [2.24, 2.45) is 0 Å². The van der Waals surface area contributed by atoms with Crippen LogP contribution in [0.1, 0.15) is 27.2 Å². The van der Waals surface area contributed by atoms with E-state index in [9.17, 15) is 9.59 Å². The summed E-state index contributed by atoms with van der Waals surface area (Å²) in [6.07, 6.45) is 1.01. The first-order valence-electron chi connectivity index (χ1n) is 4.48. The summed E-state index contributed by atoms with van der Waals surface area (Å²) in [5, 5.41) is 10.6. The highest BCUT2D eigenvalue weighted by Crippen LogP contribution is 2.11. The van der Waals surface area contributed by atoms with E-state index in [0.29, 0.717) is 0 Å². The molecule has 0 saturated carbocycles. The smallest absolute Gasteiger partial charge is 0.408 e. The van der Waals surface area contributed by atoms with Crippen molar-refractivity contribution in [2.75, 3.05) is 6.26 Å². The Morgan fingerprint density at radius 2 is 2.00 bits per heavy atom. The molecule has 1 unspecified atom stereocenters. The van der Waals surface area contributed by atoms with E-state index in [-0.39, 0.29) is 6.42 Å². The van der Waals surface area contributed by atoms with E-state index < -0.39 is 23.0 Å². The standard InChI is InChI=1S/C9H17NO4S/c1-9(2,3)14-8(13)10-6(15-4)5-7(11)12/h6H,5H2,1-4H3,(H,10,13)(H,11,12). The Morgan fingerprint density at radius 3 is 2.33 bits per heavy atom. The second-order valence-electron chi connectivity index (χ2n) is 3.97. The number of carboxylic acids is 1. The molecule has 1 atom stereocenters. The maximum absolute atomic E-state index is 11.3. The van der Waals surface area contributed by atoms with Crippen molar-refractivity contribution in [2.45, 2.75) is 38.2 Å². The van der Waals surface area contributed by atoms with Gasteiger partial charge in [0.2, 0.25) is 0 Å². The molecule has 6 heteroatoms. The summed E-state index contributed by atoms with van der Waals surface area (Å²) in [6, 6.07) is 0. The molecular weight excluding hydrogens is 218 g/mol.